The Hall–Kier alpha value is -0.610. The zero-order valence-corrected chi connectivity index (χ0v) is 10.2. The van der Waals surface area contributed by atoms with Crippen LogP contribution in [0.3, 0.4) is 0 Å². The third-order valence-corrected chi connectivity index (χ3v) is 4.40. The summed E-state index contributed by atoms with van der Waals surface area (Å²) in [6.07, 6.45) is 4.42. The van der Waals surface area contributed by atoms with Gasteiger partial charge in [-0.2, -0.15) is 0 Å². The summed E-state index contributed by atoms with van der Waals surface area (Å²) in [5.74, 6) is 0.0686. The molecule has 2 fully saturated rings. The molecule has 3 N–H and O–H groups in total. The summed E-state index contributed by atoms with van der Waals surface area (Å²) in [5.41, 5.74) is 5.45. The Morgan fingerprint density at radius 2 is 2.25 bits per heavy atom. The molecule has 0 radical (unpaired) electrons. The summed E-state index contributed by atoms with van der Waals surface area (Å²) in [6, 6.07) is -0.179. The maximum atomic E-state index is 12.3. The fraction of sp³-hybridized carbons (Fsp3) is 0.917. The van der Waals surface area contributed by atoms with Crippen LogP contribution in [-0.4, -0.2) is 30.7 Å². The zero-order chi connectivity index (χ0) is 11.8. The highest BCUT2D eigenvalue weighted by Crippen LogP contribution is 2.36. The van der Waals surface area contributed by atoms with Crippen molar-refractivity contribution in [1.29, 1.82) is 0 Å². The van der Waals surface area contributed by atoms with E-state index in [2.05, 4.69) is 12.2 Å². The van der Waals surface area contributed by atoms with Crippen molar-refractivity contribution in [3.05, 3.63) is 0 Å². The predicted molar refractivity (Wildman–Crippen MR) is 61.9 cm³/mol. The Labute approximate surface area is 96.9 Å². The largest absolute Gasteiger partial charge is 0.379 e. The van der Waals surface area contributed by atoms with Gasteiger partial charge in [0.05, 0.1) is 18.6 Å². The van der Waals surface area contributed by atoms with Crippen LogP contribution < -0.4 is 11.1 Å². The quantitative estimate of drug-likeness (QED) is 0.748. The molecule has 4 heteroatoms. The average Bonchev–Trinajstić information content (AvgIpc) is 2.54. The highest BCUT2D eigenvalue weighted by Gasteiger charge is 2.47. The van der Waals surface area contributed by atoms with Gasteiger partial charge in [-0.05, 0) is 32.6 Å². The molecule has 0 aromatic heterocycles. The van der Waals surface area contributed by atoms with E-state index in [-0.39, 0.29) is 17.5 Å². The van der Waals surface area contributed by atoms with Crippen molar-refractivity contribution in [2.24, 2.45) is 11.1 Å². The summed E-state index contributed by atoms with van der Waals surface area (Å²) >= 11 is 0. The van der Waals surface area contributed by atoms with Gasteiger partial charge in [-0.1, -0.05) is 6.92 Å². The number of rotatable bonds is 3. The SMILES string of the molecule is CCC1(NC(=O)C2(C)COCC2N)CCC1. The molecule has 4 nitrogen and oxygen atoms in total. The molecule has 16 heavy (non-hydrogen) atoms. The van der Waals surface area contributed by atoms with E-state index in [1.807, 2.05) is 6.92 Å². The highest BCUT2D eigenvalue weighted by molar-refractivity contribution is 5.84. The molecular weight excluding hydrogens is 204 g/mol. The number of carbonyl (C=O) groups excluding carboxylic acids is 1. The smallest absolute Gasteiger partial charge is 0.230 e. The molecule has 0 spiro atoms. The van der Waals surface area contributed by atoms with Crippen molar-refractivity contribution >= 4 is 5.91 Å². The molecule has 2 aliphatic rings. The van der Waals surface area contributed by atoms with Crippen molar-refractivity contribution in [2.75, 3.05) is 13.2 Å². The molecule has 1 saturated carbocycles. The summed E-state index contributed by atoms with van der Waals surface area (Å²) in [5, 5.41) is 3.19. The van der Waals surface area contributed by atoms with Crippen molar-refractivity contribution in [3.8, 4) is 0 Å². The van der Waals surface area contributed by atoms with Crippen LogP contribution in [0.4, 0.5) is 0 Å². The lowest BCUT2D eigenvalue weighted by Gasteiger charge is -2.44. The molecule has 2 rings (SSSR count). The van der Waals surface area contributed by atoms with Crippen molar-refractivity contribution in [2.45, 2.75) is 51.1 Å². The Bertz CT molecular complexity index is 283. The van der Waals surface area contributed by atoms with Crippen molar-refractivity contribution in [3.63, 3.8) is 0 Å². The lowest BCUT2D eigenvalue weighted by atomic mass is 9.73. The first-order valence-electron chi connectivity index (χ1n) is 6.18. The van der Waals surface area contributed by atoms with Gasteiger partial charge in [-0.3, -0.25) is 4.79 Å². The van der Waals surface area contributed by atoms with E-state index in [4.69, 9.17) is 10.5 Å². The summed E-state index contributed by atoms with van der Waals surface area (Å²) in [7, 11) is 0. The van der Waals surface area contributed by atoms with Crippen LogP contribution in [0.1, 0.15) is 39.5 Å². The zero-order valence-electron chi connectivity index (χ0n) is 10.2. The normalized spacial score (nSPS) is 36.8. The second kappa shape index (κ2) is 4.00. The molecule has 2 atom stereocenters. The van der Waals surface area contributed by atoms with Crippen LogP contribution in [-0.2, 0) is 9.53 Å². The number of nitrogens with one attached hydrogen (secondary N) is 1. The van der Waals surface area contributed by atoms with Gasteiger partial charge in [0.15, 0.2) is 0 Å². The molecular formula is C12H22N2O2. The van der Waals surface area contributed by atoms with Crippen molar-refractivity contribution in [1.82, 2.24) is 5.32 Å². The van der Waals surface area contributed by atoms with Crippen LogP contribution in [0.2, 0.25) is 0 Å². The first kappa shape index (κ1) is 11.9. The molecule has 1 aliphatic heterocycles. The Morgan fingerprint density at radius 1 is 1.56 bits per heavy atom. The molecule has 2 unspecified atom stereocenters. The van der Waals surface area contributed by atoms with E-state index in [9.17, 15) is 4.79 Å². The van der Waals surface area contributed by atoms with Crippen LogP contribution in [0.15, 0.2) is 0 Å². The fourth-order valence-electron chi connectivity index (χ4n) is 2.48. The average molecular weight is 226 g/mol. The van der Waals surface area contributed by atoms with Gasteiger partial charge in [0.25, 0.3) is 0 Å². The highest BCUT2D eigenvalue weighted by atomic mass is 16.5. The lowest BCUT2D eigenvalue weighted by Crippen LogP contribution is -2.59. The lowest BCUT2D eigenvalue weighted by molar-refractivity contribution is -0.134. The number of amides is 1. The van der Waals surface area contributed by atoms with E-state index >= 15 is 0 Å². The van der Waals surface area contributed by atoms with Gasteiger partial charge in [0, 0.05) is 11.6 Å². The maximum absolute atomic E-state index is 12.3. The van der Waals surface area contributed by atoms with Crippen molar-refractivity contribution < 1.29 is 9.53 Å². The minimum atomic E-state index is -0.544. The second-order valence-electron chi connectivity index (χ2n) is 5.48. The number of hydrogen-bond donors (Lipinski definition) is 2. The summed E-state index contributed by atoms with van der Waals surface area (Å²) in [4.78, 5) is 12.3. The number of ether oxygens (including phenoxy) is 1. The van der Waals surface area contributed by atoms with Crippen LogP contribution >= 0.6 is 0 Å². The van der Waals surface area contributed by atoms with Gasteiger partial charge < -0.3 is 15.8 Å². The molecule has 1 saturated heterocycles. The van der Waals surface area contributed by atoms with E-state index in [0.29, 0.717) is 13.2 Å². The maximum Gasteiger partial charge on any atom is 0.230 e. The number of nitrogens with two attached hydrogens (primary N) is 1. The molecule has 1 amide bonds. The van der Waals surface area contributed by atoms with Gasteiger partial charge in [0.1, 0.15) is 0 Å². The minimum Gasteiger partial charge on any atom is -0.379 e. The molecule has 0 aromatic rings. The Kier molecular flexibility index (Phi) is 2.97. The second-order valence-corrected chi connectivity index (χ2v) is 5.48. The topological polar surface area (TPSA) is 64.3 Å². The summed E-state index contributed by atoms with van der Waals surface area (Å²) in [6.45, 7) is 4.97. The third kappa shape index (κ3) is 1.74. The number of carbonyl (C=O) groups is 1. The van der Waals surface area contributed by atoms with Crippen LogP contribution in [0.5, 0.6) is 0 Å². The number of hydrogen-bond acceptors (Lipinski definition) is 3. The van der Waals surface area contributed by atoms with E-state index in [0.717, 1.165) is 19.3 Å². The van der Waals surface area contributed by atoms with Crippen LogP contribution in [0.25, 0.3) is 0 Å². The van der Waals surface area contributed by atoms with E-state index in [1.165, 1.54) is 6.42 Å². The van der Waals surface area contributed by atoms with Gasteiger partial charge >= 0.3 is 0 Å². The molecule has 1 heterocycles. The predicted octanol–water partition coefficient (Wildman–Crippen LogP) is 0.799. The third-order valence-electron chi connectivity index (χ3n) is 4.40. The Balaban J connectivity index is 2.02. The standard InChI is InChI=1S/C12H22N2O2/c1-3-12(5-4-6-12)14-10(15)11(2)8-16-7-9(11)13/h9H,3-8,13H2,1-2H3,(H,14,15). The monoisotopic (exact) mass is 226 g/mol. The van der Waals surface area contributed by atoms with Gasteiger partial charge in [-0.15, -0.1) is 0 Å². The fourth-order valence-corrected chi connectivity index (χ4v) is 2.48. The molecule has 0 bridgehead atoms. The molecule has 92 valence electrons. The molecule has 1 aliphatic carbocycles. The van der Waals surface area contributed by atoms with Crippen LogP contribution in [0, 0.1) is 5.41 Å². The first-order valence-corrected chi connectivity index (χ1v) is 6.18. The van der Waals surface area contributed by atoms with E-state index in [1.54, 1.807) is 0 Å². The summed E-state index contributed by atoms with van der Waals surface area (Å²) < 4.78 is 5.31. The van der Waals surface area contributed by atoms with Gasteiger partial charge in [0.2, 0.25) is 5.91 Å². The minimum absolute atomic E-state index is 0.0441. The Morgan fingerprint density at radius 3 is 2.62 bits per heavy atom. The van der Waals surface area contributed by atoms with E-state index < -0.39 is 5.41 Å². The molecule has 0 aromatic carbocycles. The first-order chi connectivity index (χ1) is 7.52. The van der Waals surface area contributed by atoms with Gasteiger partial charge in [-0.25, -0.2) is 0 Å².